The van der Waals surface area contributed by atoms with Gasteiger partial charge in [0, 0.05) is 38.2 Å². The molecule has 2 amide bonds. The molecule has 0 bridgehead atoms. The van der Waals surface area contributed by atoms with E-state index >= 15 is 0 Å². The van der Waals surface area contributed by atoms with Gasteiger partial charge >= 0.3 is 6.03 Å². The monoisotopic (exact) mass is 403 g/mol. The molecule has 140 valence electrons. The Morgan fingerprint density at radius 3 is 2.56 bits per heavy atom. The van der Waals surface area contributed by atoms with E-state index in [1.165, 1.54) is 0 Å². The number of fused-ring (bicyclic) bond motifs is 1. The van der Waals surface area contributed by atoms with Gasteiger partial charge in [-0.25, -0.2) is 9.78 Å². The highest BCUT2D eigenvalue weighted by atomic mass is 35.5. The maximum Gasteiger partial charge on any atom is 0.322 e. The smallest absolute Gasteiger partial charge is 0.322 e. The Morgan fingerprint density at radius 2 is 1.81 bits per heavy atom. The van der Waals surface area contributed by atoms with Crippen molar-refractivity contribution in [3.05, 3.63) is 52.5 Å². The molecule has 8 heteroatoms. The van der Waals surface area contributed by atoms with E-state index in [1.54, 1.807) is 23.1 Å². The number of aromatic nitrogens is 2. The van der Waals surface area contributed by atoms with Gasteiger partial charge in [0.2, 0.25) is 5.95 Å². The van der Waals surface area contributed by atoms with E-state index in [0.717, 1.165) is 17.0 Å². The summed E-state index contributed by atoms with van der Waals surface area (Å²) in [4.78, 5) is 21.3. The molecule has 3 aromatic rings. The maximum absolute atomic E-state index is 12.6. The molecule has 1 aliphatic heterocycles. The fraction of sp³-hybridized carbons (Fsp3) is 0.263. The third kappa shape index (κ3) is 3.55. The maximum atomic E-state index is 12.6. The van der Waals surface area contributed by atoms with E-state index in [-0.39, 0.29) is 6.03 Å². The number of piperazine rings is 1. The highest BCUT2D eigenvalue weighted by molar-refractivity contribution is 6.35. The van der Waals surface area contributed by atoms with E-state index < -0.39 is 0 Å². The fourth-order valence-corrected chi connectivity index (χ4v) is 3.65. The van der Waals surface area contributed by atoms with Crippen molar-refractivity contribution in [3.8, 4) is 0 Å². The molecule has 0 aliphatic carbocycles. The molecule has 1 saturated heterocycles. The van der Waals surface area contributed by atoms with Crippen LogP contribution in [-0.4, -0.2) is 46.7 Å². The quantitative estimate of drug-likeness (QED) is 0.696. The van der Waals surface area contributed by atoms with Crippen molar-refractivity contribution in [2.24, 2.45) is 7.05 Å². The van der Waals surface area contributed by atoms with Gasteiger partial charge in [-0.1, -0.05) is 35.3 Å². The van der Waals surface area contributed by atoms with Crippen molar-refractivity contribution in [1.29, 1.82) is 0 Å². The second kappa shape index (κ2) is 7.29. The molecule has 2 aromatic carbocycles. The first-order valence-electron chi connectivity index (χ1n) is 8.70. The molecule has 0 radical (unpaired) electrons. The van der Waals surface area contributed by atoms with Crippen molar-refractivity contribution < 1.29 is 4.79 Å². The van der Waals surface area contributed by atoms with E-state index in [4.69, 9.17) is 28.2 Å². The predicted octanol–water partition coefficient (Wildman–Crippen LogP) is 4.23. The Labute approximate surface area is 167 Å². The zero-order valence-electron chi connectivity index (χ0n) is 14.8. The molecular weight excluding hydrogens is 385 g/mol. The average Bonchev–Trinajstić information content (AvgIpc) is 3.02. The first-order chi connectivity index (χ1) is 13.0. The van der Waals surface area contributed by atoms with Crippen LogP contribution in [0.15, 0.2) is 42.5 Å². The van der Waals surface area contributed by atoms with Gasteiger partial charge in [-0.15, -0.1) is 0 Å². The Bertz CT molecular complexity index is 995. The summed E-state index contributed by atoms with van der Waals surface area (Å²) in [5, 5.41) is 3.83. The largest absolute Gasteiger partial charge is 0.339 e. The molecule has 27 heavy (non-hydrogen) atoms. The second-order valence-electron chi connectivity index (χ2n) is 6.49. The molecule has 2 heterocycles. The zero-order chi connectivity index (χ0) is 19.0. The third-order valence-electron chi connectivity index (χ3n) is 4.78. The van der Waals surface area contributed by atoms with Crippen LogP contribution in [-0.2, 0) is 7.05 Å². The van der Waals surface area contributed by atoms with Crippen LogP contribution in [0.2, 0.25) is 10.0 Å². The van der Waals surface area contributed by atoms with Crippen LogP contribution < -0.4 is 10.2 Å². The minimum atomic E-state index is -0.177. The van der Waals surface area contributed by atoms with Crippen LogP contribution in [0.3, 0.4) is 0 Å². The van der Waals surface area contributed by atoms with Gasteiger partial charge in [0.05, 0.1) is 21.7 Å². The number of carbonyl (C=O) groups is 1. The van der Waals surface area contributed by atoms with Gasteiger partial charge in [-0.3, -0.25) is 0 Å². The minimum Gasteiger partial charge on any atom is -0.339 e. The molecule has 0 unspecified atom stereocenters. The summed E-state index contributed by atoms with van der Waals surface area (Å²) in [5.41, 5.74) is 2.60. The van der Waals surface area contributed by atoms with Crippen molar-refractivity contribution in [2.45, 2.75) is 0 Å². The summed E-state index contributed by atoms with van der Waals surface area (Å²) in [6, 6.07) is 12.9. The number of urea groups is 1. The number of anilines is 2. The number of hydrogen-bond donors (Lipinski definition) is 1. The number of imidazole rings is 1. The van der Waals surface area contributed by atoms with Crippen LogP contribution in [0.25, 0.3) is 11.0 Å². The number of hydrogen-bond acceptors (Lipinski definition) is 3. The van der Waals surface area contributed by atoms with Crippen molar-refractivity contribution >= 4 is 51.9 Å². The number of nitrogens with one attached hydrogen (secondary N) is 1. The number of amides is 2. The molecule has 0 spiro atoms. The summed E-state index contributed by atoms with van der Waals surface area (Å²) in [6.45, 7) is 2.64. The molecule has 1 aliphatic rings. The number of nitrogens with zero attached hydrogens (tertiary/aromatic N) is 4. The highest BCUT2D eigenvalue weighted by Crippen LogP contribution is 2.26. The predicted molar refractivity (Wildman–Crippen MR) is 110 cm³/mol. The van der Waals surface area contributed by atoms with Crippen LogP contribution in [0.4, 0.5) is 16.4 Å². The van der Waals surface area contributed by atoms with E-state index in [0.29, 0.717) is 41.9 Å². The van der Waals surface area contributed by atoms with Gasteiger partial charge in [-0.2, -0.15) is 0 Å². The number of rotatable bonds is 2. The SMILES string of the molecule is Cn1c(N2CCN(C(=O)Nc3cc(Cl)ccc3Cl)CC2)nc2ccccc21. The molecular formula is C19H19Cl2N5O. The first kappa shape index (κ1) is 17.9. The summed E-state index contributed by atoms with van der Waals surface area (Å²) in [6.07, 6.45) is 0. The normalized spacial score (nSPS) is 14.6. The molecule has 1 N–H and O–H groups in total. The minimum absolute atomic E-state index is 0.177. The Balaban J connectivity index is 1.43. The lowest BCUT2D eigenvalue weighted by molar-refractivity contribution is 0.208. The van der Waals surface area contributed by atoms with Gasteiger partial charge in [0.15, 0.2) is 0 Å². The number of halogens is 2. The van der Waals surface area contributed by atoms with Crippen molar-refractivity contribution in [3.63, 3.8) is 0 Å². The summed E-state index contributed by atoms with van der Waals surface area (Å²) in [5.74, 6) is 0.925. The van der Waals surface area contributed by atoms with E-state index in [1.807, 2.05) is 25.2 Å². The standard InChI is InChI=1S/C19H19Cl2N5O/c1-24-17-5-3-2-4-15(17)22-18(24)25-8-10-26(11-9-25)19(27)23-16-12-13(20)6-7-14(16)21/h2-7,12H,8-11H2,1H3,(H,23,27). The van der Waals surface area contributed by atoms with Gasteiger partial charge in [-0.05, 0) is 30.3 Å². The lowest BCUT2D eigenvalue weighted by Crippen LogP contribution is -2.50. The zero-order valence-corrected chi connectivity index (χ0v) is 16.3. The summed E-state index contributed by atoms with van der Waals surface area (Å²) < 4.78 is 2.09. The number of benzene rings is 2. The third-order valence-corrected chi connectivity index (χ3v) is 5.35. The van der Waals surface area contributed by atoms with Crippen molar-refractivity contribution in [1.82, 2.24) is 14.5 Å². The molecule has 4 rings (SSSR count). The second-order valence-corrected chi connectivity index (χ2v) is 7.33. The number of para-hydroxylation sites is 2. The molecule has 1 aromatic heterocycles. The number of aryl methyl sites for hydroxylation is 1. The summed E-state index contributed by atoms with van der Waals surface area (Å²) >= 11 is 12.1. The van der Waals surface area contributed by atoms with Gasteiger partial charge in [0.25, 0.3) is 0 Å². The number of carbonyl (C=O) groups excluding carboxylic acids is 1. The van der Waals surface area contributed by atoms with Crippen LogP contribution in [0.5, 0.6) is 0 Å². The molecule has 1 fully saturated rings. The highest BCUT2D eigenvalue weighted by Gasteiger charge is 2.24. The first-order valence-corrected chi connectivity index (χ1v) is 9.46. The average molecular weight is 404 g/mol. The molecule has 6 nitrogen and oxygen atoms in total. The summed E-state index contributed by atoms with van der Waals surface area (Å²) in [7, 11) is 2.02. The fourth-order valence-electron chi connectivity index (χ4n) is 3.31. The molecule has 0 saturated carbocycles. The van der Waals surface area contributed by atoms with E-state index in [9.17, 15) is 4.79 Å². The lowest BCUT2D eigenvalue weighted by Gasteiger charge is -2.35. The van der Waals surface area contributed by atoms with Gasteiger partial charge in [0.1, 0.15) is 0 Å². The lowest BCUT2D eigenvalue weighted by atomic mass is 10.3. The Hall–Kier alpha value is -2.44. The molecule has 0 atom stereocenters. The topological polar surface area (TPSA) is 53.4 Å². The Kier molecular flexibility index (Phi) is 4.85. The van der Waals surface area contributed by atoms with Crippen LogP contribution in [0.1, 0.15) is 0 Å². The van der Waals surface area contributed by atoms with Crippen molar-refractivity contribution in [2.75, 3.05) is 36.4 Å². The Morgan fingerprint density at radius 1 is 1.07 bits per heavy atom. The van der Waals surface area contributed by atoms with Crippen LogP contribution in [0, 0.1) is 0 Å². The van der Waals surface area contributed by atoms with Crippen LogP contribution >= 0.6 is 23.2 Å². The van der Waals surface area contributed by atoms with E-state index in [2.05, 4.69) is 20.9 Å². The van der Waals surface area contributed by atoms with Gasteiger partial charge < -0.3 is 19.7 Å².